The SMILES string of the molecule is CCn1cnc(Cl)c1C1(C(=O)O)CC1. The highest BCUT2D eigenvalue weighted by atomic mass is 35.5. The van der Waals surface area contributed by atoms with Crippen LogP contribution in [0.1, 0.15) is 25.5 Å². The Morgan fingerprint density at radius 2 is 2.43 bits per heavy atom. The van der Waals surface area contributed by atoms with Crippen LogP contribution in [0.25, 0.3) is 0 Å². The van der Waals surface area contributed by atoms with Crippen LogP contribution in [0.4, 0.5) is 0 Å². The molecule has 1 aromatic rings. The molecule has 1 aliphatic carbocycles. The van der Waals surface area contributed by atoms with Gasteiger partial charge in [-0.05, 0) is 19.8 Å². The number of carbonyl (C=O) groups is 1. The number of aromatic nitrogens is 2. The Balaban J connectivity index is 2.50. The van der Waals surface area contributed by atoms with Crippen LogP contribution in [0.2, 0.25) is 5.15 Å². The van der Waals surface area contributed by atoms with Gasteiger partial charge in [0.2, 0.25) is 0 Å². The molecule has 1 heterocycles. The van der Waals surface area contributed by atoms with Gasteiger partial charge in [-0.1, -0.05) is 11.6 Å². The first-order chi connectivity index (χ1) is 6.62. The molecule has 1 saturated carbocycles. The van der Waals surface area contributed by atoms with Gasteiger partial charge in [0.15, 0.2) is 5.15 Å². The van der Waals surface area contributed by atoms with E-state index in [1.54, 1.807) is 6.33 Å². The second kappa shape index (κ2) is 2.98. The van der Waals surface area contributed by atoms with Crippen molar-refractivity contribution in [1.29, 1.82) is 0 Å². The van der Waals surface area contributed by atoms with E-state index in [4.69, 9.17) is 16.7 Å². The quantitative estimate of drug-likeness (QED) is 0.833. The topological polar surface area (TPSA) is 55.1 Å². The molecule has 0 spiro atoms. The molecule has 1 aromatic heterocycles. The van der Waals surface area contributed by atoms with Crippen molar-refractivity contribution in [2.75, 3.05) is 0 Å². The molecular weight excluding hydrogens is 204 g/mol. The highest BCUT2D eigenvalue weighted by Crippen LogP contribution is 2.50. The number of rotatable bonds is 3. The minimum Gasteiger partial charge on any atom is -0.481 e. The summed E-state index contributed by atoms with van der Waals surface area (Å²) in [6.45, 7) is 2.64. The van der Waals surface area contributed by atoms with E-state index in [1.165, 1.54) is 0 Å². The van der Waals surface area contributed by atoms with Gasteiger partial charge in [0, 0.05) is 6.54 Å². The van der Waals surface area contributed by atoms with E-state index in [2.05, 4.69) is 4.98 Å². The Morgan fingerprint density at radius 3 is 2.86 bits per heavy atom. The normalized spacial score (nSPS) is 18.1. The molecule has 2 rings (SSSR count). The molecule has 4 nitrogen and oxygen atoms in total. The average Bonchev–Trinajstić information content (AvgIpc) is 2.86. The molecule has 1 aliphatic rings. The van der Waals surface area contributed by atoms with Crippen molar-refractivity contribution >= 4 is 17.6 Å². The molecular formula is C9H11ClN2O2. The lowest BCUT2D eigenvalue weighted by Crippen LogP contribution is -2.23. The number of aryl methyl sites for hydroxylation is 1. The number of hydrogen-bond acceptors (Lipinski definition) is 2. The van der Waals surface area contributed by atoms with Crippen LogP contribution < -0.4 is 0 Å². The average molecular weight is 215 g/mol. The first-order valence-electron chi connectivity index (χ1n) is 4.56. The molecule has 5 heteroatoms. The number of nitrogens with zero attached hydrogens (tertiary/aromatic N) is 2. The van der Waals surface area contributed by atoms with Gasteiger partial charge < -0.3 is 9.67 Å². The number of imidazole rings is 1. The van der Waals surface area contributed by atoms with Crippen molar-refractivity contribution in [1.82, 2.24) is 9.55 Å². The minimum atomic E-state index is -0.797. The summed E-state index contributed by atoms with van der Waals surface area (Å²) in [7, 11) is 0. The molecule has 1 fully saturated rings. The fraction of sp³-hybridized carbons (Fsp3) is 0.556. The van der Waals surface area contributed by atoms with E-state index >= 15 is 0 Å². The van der Waals surface area contributed by atoms with Crippen LogP contribution in [-0.4, -0.2) is 20.6 Å². The van der Waals surface area contributed by atoms with Gasteiger partial charge in [0.25, 0.3) is 0 Å². The van der Waals surface area contributed by atoms with Gasteiger partial charge in [0.1, 0.15) is 5.41 Å². The number of halogens is 1. The minimum absolute atomic E-state index is 0.326. The maximum absolute atomic E-state index is 11.1. The van der Waals surface area contributed by atoms with Gasteiger partial charge in [0.05, 0.1) is 12.0 Å². The lowest BCUT2D eigenvalue weighted by atomic mass is 10.0. The van der Waals surface area contributed by atoms with Crippen LogP contribution in [-0.2, 0) is 16.8 Å². The van der Waals surface area contributed by atoms with E-state index in [0.717, 1.165) is 0 Å². The zero-order valence-corrected chi connectivity index (χ0v) is 8.58. The molecule has 0 atom stereocenters. The standard InChI is InChI=1S/C9H11ClN2O2/c1-2-12-5-11-7(10)6(12)9(3-4-9)8(13)14/h5H,2-4H2,1H3,(H,13,14). The smallest absolute Gasteiger partial charge is 0.315 e. The number of aliphatic carboxylic acids is 1. The van der Waals surface area contributed by atoms with Gasteiger partial charge >= 0.3 is 5.97 Å². The van der Waals surface area contributed by atoms with Crippen LogP contribution in [0, 0.1) is 0 Å². The second-order valence-electron chi connectivity index (χ2n) is 3.56. The third kappa shape index (κ3) is 1.14. The van der Waals surface area contributed by atoms with Crippen molar-refractivity contribution in [3.8, 4) is 0 Å². The fourth-order valence-corrected chi connectivity index (χ4v) is 2.08. The van der Waals surface area contributed by atoms with E-state index in [-0.39, 0.29) is 0 Å². The lowest BCUT2D eigenvalue weighted by Gasteiger charge is -2.12. The summed E-state index contributed by atoms with van der Waals surface area (Å²) in [5, 5.41) is 9.45. The summed E-state index contributed by atoms with van der Waals surface area (Å²) < 4.78 is 1.81. The Labute approximate surface area is 86.5 Å². The van der Waals surface area contributed by atoms with Crippen molar-refractivity contribution in [2.45, 2.75) is 31.7 Å². The number of hydrogen-bond donors (Lipinski definition) is 1. The molecule has 76 valence electrons. The maximum Gasteiger partial charge on any atom is 0.315 e. The summed E-state index contributed by atoms with van der Waals surface area (Å²) in [6.07, 6.45) is 2.92. The van der Waals surface area contributed by atoms with Crippen LogP contribution >= 0.6 is 11.6 Å². The van der Waals surface area contributed by atoms with Crippen LogP contribution in [0.15, 0.2) is 6.33 Å². The molecule has 0 aliphatic heterocycles. The molecule has 1 N–H and O–H groups in total. The van der Waals surface area contributed by atoms with E-state index in [0.29, 0.717) is 30.2 Å². The van der Waals surface area contributed by atoms with Crippen molar-refractivity contribution < 1.29 is 9.90 Å². The zero-order chi connectivity index (χ0) is 10.3. The van der Waals surface area contributed by atoms with E-state index in [9.17, 15) is 4.79 Å². The molecule has 0 unspecified atom stereocenters. The molecule has 0 aromatic carbocycles. The number of carboxylic acids is 1. The van der Waals surface area contributed by atoms with Crippen molar-refractivity contribution in [3.63, 3.8) is 0 Å². The van der Waals surface area contributed by atoms with Gasteiger partial charge in [-0.2, -0.15) is 0 Å². The Morgan fingerprint density at radius 1 is 1.79 bits per heavy atom. The third-order valence-corrected chi connectivity index (χ3v) is 3.02. The monoisotopic (exact) mass is 214 g/mol. The van der Waals surface area contributed by atoms with Crippen molar-refractivity contribution in [2.24, 2.45) is 0 Å². The predicted molar refractivity (Wildman–Crippen MR) is 51.5 cm³/mol. The van der Waals surface area contributed by atoms with Gasteiger partial charge in [-0.15, -0.1) is 0 Å². The van der Waals surface area contributed by atoms with Crippen LogP contribution in [0.5, 0.6) is 0 Å². The van der Waals surface area contributed by atoms with Crippen LogP contribution in [0.3, 0.4) is 0 Å². The maximum atomic E-state index is 11.1. The molecule has 14 heavy (non-hydrogen) atoms. The second-order valence-corrected chi connectivity index (χ2v) is 3.92. The highest BCUT2D eigenvalue weighted by molar-refractivity contribution is 6.30. The highest BCUT2D eigenvalue weighted by Gasteiger charge is 2.55. The predicted octanol–water partition coefficient (Wildman–Crippen LogP) is 1.67. The Kier molecular flexibility index (Phi) is 2.03. The first-order valence-corrected chi connectivity index (χ1v) is 4.94. The zero-order valence-electron chi connectivity index (χ0n) is 7.83. The molecule has 0 saturated heterocycles. The molecule has 0 radical (unpaired) electrons. The summed E-state index contributed by atoms with van der Waals surface area (Å²) in [5.41, 5.74) is -0.0991. The fourth-order valence-electron chi connectivity index (χ4n) is 1.75. The summed E-state index contributed by atoms with van der Waals surface area (Å²) in [4.78, 5) is 15.0. The van der Waals surface area contributed by atoms with Crippen molar-refractivity contribution in [3.05, 3.63) is 17.2 Å². The van der Waals surface area contributed by atoms with E-state index < -0.39 is 11.4 Å². The largest absolute Gasteiger partial charge is 0.481 e. The first kappa shape index (κ1) is 9.52. The third-order valence-electron chi connectivity index (χ3n) is 2.75. The summed E-state index contributed by atoms with van der Waals surface area (Å²) in [6, 6.07) is 0. The Bertz CT molecular complexity index is 382. The lowest BCUT2D eigenvalue weighted by molar-refractivity contribution is -0.140. The molecule has 0 amide bonds. The summed E-state index contributed by atoms with van der Waals surface area (Å²) >= 11 is 5.90. The Hall–Kier alpha value is -1.03. The molecule has 0 bridgehead atoms. The van der Waals surface area contributed by atoms with Gasteiger partial charge in [-0.25, -0.2) is 4.98 Å². The summed E-state index contributed by atoms with van der Waals surface area (Å²) in [5.74, 6) is -0.797. The van der Waals surface area contributed by atoms with Gasteiger partial charge in [-0.3, -0.25) is 4.79 Å². The number of carboxylic acid groups (broad SMARTS) is 1. The van der Waals surface area contributed by atoms with E-state index in [1.807, 2.05) is 11.5 Å².